The number of aliphatic imine (C=N–C) groups is 1. The lowest BCUT2D eigenvalue weighted by Crippen LogP contribution is -2.29. The van der Waals surface area contributed by atoms with Crippen molar-refractivity contribution in [2.24, 2.45) is 4.99 Å². The van der Waals surface area contributed by atoms with Crippen molar-refractivity contribution < 1.29 is 9.53 Å². The van der Waals surface area contributed by atoms with Crippen LogP contribution >= 0.6 is 23.5 Å². The predicted molar refractivity (Wildman–Crippen MR) is 134 cm³/mol. The van der Waals surface area contributed by atoms with Gasteiger partial charge in [0, 0.05) is 18.0 Å². The third-order valence-electron chi connectivity index (χ3n) is 5.26. The van der Waals surface area contributed by atoms with E-state index in [9.17, 15) is 4.79 Å². The van der Waals surface area contributed by atoms with Gasteiger partial charge in [0.25, 0.3) is 5.91 Å². The highest BCUT2D eigenvalue weighted by molar-refractivity contribution is 8.20. The number of para-hydroxylation sites is 1. The third-order valence-corrected chi connectivity index (χ3v) is 7.65. The number of aryl methyl sites for hydroxylation is 1. The second-order valence-electron chi connectivity index (χ2n) is 7.44. The molecule has 1 amide bonds. The number of benzene rings is 3. The molecule has 0 unspecified atom stereocenters. The summed E-state index contributed by atoms with van der Waals surface area (Å²) >= 11 is 3.02. The van der Waals surface area contributed by atoms with E-state index in [0.29, 0.717) is 10.1 Å². The van der Waals surface area contributed by atoms with Crippen LogP contribution in [-0.2, 0) is 4.79 Å². The number of amidine groups is 1. The number of rotatable bonds is 3. The van der Waals surface area contributed by atoms with E-state index in [-0.39, 0.29) is 5.91 Å². The molecule has 0 N–H and O–H groups in total. The summed E-state index contributed by atoms with van der Waals surface area (Å²) in [6.45, 7) is 2.02. The molecule has 0 spiro atoms. The Kier molecular flexibility index (Phi) is 5.45. The van der Waals surface area contributed by atoms with Crippen molar-refractivity contribution in [1.29, 1.82) is 0 Å². The number of anilines is 2. The summed E-state index contributed by atoms with van der Waals surface area (Å²) in [6, 6.07) is 23.7. The molecule has 2 aliphatic rings. The number of thioether (sulfide) groups is 2. The van der Waals surface area contributed by atoms with Crippen LogP contribution in [0.4, 0.5) is 17.1 Å². The van der Waals surface area contributed by atoms with Crippen molar-refractivity contribution in [3.8, 4) is 5.75 Å². The molecule has 0 saturated carbocycles. The second-order valence-corrected chi connectivity index (χ2v) is 9.45. The van der Waals surface area contributed by atoms with Gasteiger partial charge < -0.3 is 9.64 Å². The Balaban J connectivity index is 1.61. The largest absolute Gasteiger partial charge is 0.497 e. The minimum absolute atomic E-state index is 0.0654. The molecule has 1 fully saturated rings. The monoisotopic (exact) mass is 459 g/mol. The van der Waals surface area contributed by atoms with Gasteiger partial charge in [0.15, 0.2) is 5.17 Å². The Morgan fingerprint density at radius 1 is 0.938 bits per heavy atom. The summed E-state index contributed by atoms with van der Waals surface area (Å²) in [4.78, 5) is 24.1. The highest BCUT2D eigenvalue weighted by atomic mass is 32.2. The van der Waals surface area contributed by atoms with Crippen LogP contribution in [0, 0.1) is 6.92 Å². The summed E-state index contributed by atoms with van der Waals surface area (Å²) in [7, 11) is 3.64. The normalized spacial score (nSPS) is 19.1. The first kappa shape index (κ1) is 20.7. The van der Waals surface area contributed by atoms with Gasteiger partial charge in [-0.15, -0.1) is 0 Å². The van der Waals surface area contributed by atoms with Crippen LogP contribution in [0.5, 0.6) is 5.75 Å². The first-order valence-electron chi connectivity index (χ1n) is 10.1. The van der Waals surface area contributed by atoms with E-state index in [2.05, 4.69) is 4.90 Å². The maximum Gasteiger partial charge on any atom is 0.274 e. The SMILES string of the molecule is COc1ccc2c(c1)N(C)C(=C1SC(=Nc3ccccc3)N(c3cccc(C)c3)C1=O)S2. The quantitative estimate of drug-likeness (QED) is 0.438. The van der Waals surface area contributed by atoms with Gasteiger partial charge in [-0.1, -0.05) is 42.1 Å². The van der Waals surface area contributed by atoms with E-state index in [1.807, 2.05) is 86.8 Å². The number of carbonyl (C=O) groups excluding carboxylic acids is 1. The zero-order valence-corrected chi connectivity index (χ0v) is 19.5. The minimum Gasteiger partial charge on any atom is -0.497 e. The number of methoxy groups -OCH3 is 1. The fourth-order valence-corrected chi connectivity index (χ4v) is 5.96. The number of nitrogens with zero attached hydrogens (tertiary/aromatic N) is 3. The van der Waals surface area contributed by atoms with Gasteiger partial charge >= 0.3 is 0 Å². The van der Waals surface area contributed by atoms with Crippen LogP contribution in [0.15, 0.2) is 92.6 Å². The molecule has 1 saturated heterocycles. The predicted octanol–water partition coefficient (Wildman–Crippen LogP) is 6.18. The molecule has 160 valence electrons. The number of hydrogen-bond donors (Lipinski definition) is 0. The Hall–Kier alpha value is -3.16. The molecule has 3 aromatic carbocycles. The molecule has 32 heavy (non-hydrogen) atoms. The van der Waals surface area contributed by atoms with E-state index in [1.165, 1.54) is 11.8 Å². The molecule has 0 atom stereocenters. The van der Waals surface area contributed by atoms with Crippen molar-refractivity contribution in [3.05, 3.63) is 88.3 Å². The van der Waals surface area contributed by atoms with E-state index >= 15 is 0 Å². The van der Waals surface area contributed by atoms with Gasteiger partial charge in [-0.2, -0.15) is 0 Å². The Bertz CT molecular complexity index is 1270. The molecule has 3 aromatic rings. The molecule has 5 nitrogen and oxygen atoms in total. The first-order chi connectivity index (χ1) is 15.5. The summed E-state index contributed by atoms with van der Waals surface area (Å²) < 4.78 is 5.39. The molecule has 0 bridgehead atoms. The first-order valence-corrected chi connectivity index (χ1v) is 11.7. The second kappa shape index (κ2) is 8.41. The van der Waals surface area contributed by atoms with Crippen LogP contribution in [0.2, 0.25) is 0 Å². The lowest BCUT2D eigenvalue weighted by Gasteiger charge is -2.17. The molecular formula is C25H21N3O2S2. The van der Waals surface area contributed by atoms with Gasteiger partial charge in [0.1, 0.15) is 10.7 Å². The summed E-state index contributed by atoms with van der Waals surface area (Å²) in [6.07, 6.45) is 0. The fourth-order valence-electron chi connectivity index (χ4n) is 3.64. The zero-order valence-electron chi connectivity index (χ0n) is 17.9. The summed E-state index contributed by atoms with van der Waals surface area (Å²) in [5.41, 5.74) is 3.75. The van der Waals surface area contributed by atoms with E-state index < -0.39 is 0 Å². The average Bonchev–Trinajstić information content (AvgIpc) is 3.30. The molecule has 7 heteroatoms. The molecule has 0 aliphatic carbocycles. The maximum absolute atomic E-state index is 13.7. The lowest BCUT2D eigenvalue weighted by atomic mass is 10.2. The van der Waals surface area contributed by atoms with Gasteiger partial charge in [-0.25, -0.2) is 4.99 Å². The van der Waals surface area contributed by atoms with Crippen molar-refractivity contribution in [2.75, 3.05) is 24.0 Å². The van der Waals surface area contributed by atoms with Gasteiger partial charge in [-0.3, -0.25) is 9.69 Å². The van der Waals surface area contributed by atoms with Crippen molar-refractivity contribution in [2.45, 2.75) is 11.8 Å². The number of fused-ring (bicyclic) bond motifs is 1. The number of carbonyl (C=O) groups is 1. The van der Waals surface area contributed by atoms with Crippen LogP contribution < -0.4 is 14.5 Å². The minimum atomic E-state index is -0.0654. The topological polar surface area (TPSA) is 45.1 Å². The van der Waals surface area contributed by atoms with Crippen LogP contribution in [0.25, 0.3) is 0 Å². The van der Waals surface area contributed by atoms with Crippen LogP contribution in [0.1, 0.15) is 5.56 Å². The molecule has 2 aliphatic heterocycles. The summed E-state index contributed by atoms with van der Waals surface area (Å²) in [5.74, 6) is 0.727. The standard InChI is InChI=1S/C25H21N3O2S2/c1-16-8-7-11-18(14-16)28-23(29)22(32-25(28)26-17-9-5-4-6-10-17)24-27(2)20-15-19(30-3)12-13-21(20)31-24/h4-15H,1-3H3. The average molecular weight is 460 g/mol. The molecular weight excluding hydrogens is 438 g/mol. The molecule has 0 aromatic heterocycles. The maximum atomic E-state index is 13.7. The lowest BCUT2D eigenvalue weighted by molar-refractivity contribution is -0.113. The molecule has 0 radical (unpaired) electrons. The van der Waals surface area contributed by atoms with Gasteiger partial charge in [0.05, 0.1) is 29.2 Å². The van der Waals surface area contributed by atoms with Crippen molar-refractivity contribution in [1.82, 2.24) is 0 Å². The van der Waals surface area contributed by atoms with Gasteiger partial charge in [0.2, 0.25) is 0 Å². The van der Waals surface area contributed by atoms with E-state index in [1.54, 1.807) is 23.8 Å². The van der Waals surface area contributed by atoms with Crippen molar-refractivity contribution in [3.63, 3.8) is 0 Å². The van der Waals surface area contributed by atoms with Crippen molar-refractivity contribution >= 4 is 51.7 Å². The highest BCUT2D eigenvalue weighted by Crippen LogP contribution is 2.51. The Morgan fingerprint density at radius 2 is 1.75 bits per heavy atom. The number of amides is 1. The summed E-state index contributed by atoms with van der Waals surface area (Å²) in [5, 5.41) is 1.55. The van der Waals surface area contributed by atoms with E-state index in [0.717, 1.165) is 38.3 Å². The smallest absolute Gasteiger partial charge is 0.274 e. The molecule has 2 heterocycles. The molecule has 5 rings (SSSR count). The van der Waals surface area contributed by atoms with Crippen LogP contribution in [-0.4, -0.2) is 25.2 Å². The highest BCUT2D eigenvalue weighted by Gasteiger charge is 2.40. The van der Waals surface area contributed by atoms with Crippen LogP contribution in [0.3, 0.4) is 0 Å². The third kappa shape index (κ3) is 3.67. The van der Waals surface area contributed by atoms with E-state index in [4.69, 9.17) is 9.73 Å². The Labute approximate surface area is 195 Å². The number of ether oxygens (including phenoxy) is 1. The fraction of sp³-hybridized carbons (Fsp3) is 0.120. The zero-order chi connectivity index (χ0) is 22.2. The number of hydrogen-bond acceptors (Lipinski definition) is 6. The van der Waals surface area contributed by atoms with Gasteiger partial charge in [-0.05, 0) is 60.6 Å². The Morgan fingerprint density at radius 3 is 2.50 bits per heavy atom.